The van der Waals surface area contributed by atoms with Crippen LogP contribution in [0.3, 0.4) is 0 Å². The van der Waals surface area contributed by atoms with Crippen molar-refractivity contribution in [1.29, 1.82) is 0 Å². The number of aromatic nitrogens is 3. The lowest BCUT2D eigenvalue weighted by atomic mass is 9.80. The molecule has 0 aromatic carbocycles. The van der Waals surface area contributed by atoms with Gasteiger partial charge in [-0.25, -0.2) is 4.98 Å². The van der Waals surface area contributed by atoms with Crippen molar-refractivity contribution in [3.05, 3.63) is 48.7 Å². The SMILES string of the molecule is c1cncc(CN2CCC[C@]3(COCCN(c4cnccn4)C3)C2)c1. The first-order valence-electron chi connectivity index (χ1n) is 9.03. The predicted molar refractivity (Wildman–Crippen MR) is 96.2 cm³/mol. The summed E-state index contributed by atoms with van der Waals surface area (Å²) in [4.78, 5) is 17.9. The van der Waals surface area contributed by atoms with E-state index in [1.807, 2.05) is 24.7 Å². The van der Waals surface area contributed by atoms with E-state index in [1.54, 1.807) is 12.4 Å². The van der Waals surface area contributed by atoms with Crippen molar-refractivity contribution in [2.24, 2.45) is 5.41 Å². The summed E-state index contributed by atoms with van der Waals surface area (Å²) in [5.74, 6) is 0.955. The lowest BCUT2D eigenvalue weighted by Gasteiger charge is -2.43. The predicted octanol–water partition coefficient (Wildman–Crippen LogP) is 1.99. The summed E-state index contributed by atoms with van der Waals surface area (Å²) in [5, 5.41) is 0. The van der Waals surface area contributed by atoms with E-state index in [0.29, 0.717) is 0 Å². The van der Waals surface area contributed by atoms with Gasteiger partial charge in [-0.15, -0.1) is 0 Å². The Morgan fingerprint density at radius 2 is 2.04 bits per heavy atom. The molecule has 0 aliphatic carbocycles. The fraction of sp³-hybridized carbons (Fsp3) is 0.526. The third kappa shape index (κ3) is 3.96. The molecule has 2 aliphatic rings. The lowest BCUT2D eigenvalue weighted by molar-refractivity contribution is 0.0106. The van der Waals surface area contributed by atoms with Crippen LogP contribution in [0.1, 0.15) is 18.4 Å². The van der Waals surface area contributed by atoms with Crippen LogP contribution in [0.2, 0.25) is 0 Å². The van der Waals surface area contributed by atoms with E-state index in [9.17, 15) is 0 Å². The van der Waals surface area contributed by atoms with Gasteiger partial charge in [-0.1, -0.05) is 6.07 Å². The van der Waals surface area contributed by atoms with Crippen molar-refractivity contribution < 1.29 is 4.74 Å². The highest BCUT2D eigenvalue weighted by atomic mass is 16.5. The van der Waals surface area contributed by atoms with Crippen LogP contribution in [0.25, 0.3) is 0 Å². The molecule has 1 spiro atoms. The van der Waals surface area contributed by atoms with Crippen molar-refractivity contribution >= 4 is 5.82 Å². The number of piperidine rings is 1. The van der Waals surface area contributed by atoms with Crippen molar-refractivity contribution in [3.8, 4) is 0 Å². The first kappa shape index (κ1) is 16.4. The average molecular weight is 339 g/mol. The van der Waals surface area contributed by atoms with E-state index < -0.39 is 0 Å². The van der Waals surface area contributed by atoms with Gasteiger partial charge in [0.05, 0.1) is 19.4 Å². The maximum atomic E-state index is 6.01. The van der Waals surface area contributed by atoms with E-state index in [2.05, 4.69) is 30.8 Å². The Morgan fingerprint density at radius 3 is 2.88 bits per heavy atom. The minimum atomic E-state index is 0.161. The van der Waals surface area contributed by atoms with E-state index >= 15 is 0 Å². The molecule has 132 valence electrons. The summed E-state index contributed by atoms with van der Waals surface area (Å²) >= 11 is 0. The smallest absolute Gasteiger partial charge is 0.147 e. The minimum absolute atomic E-state index is 0.161. The number of hydrogen-bond acceptors (Lipinski definition) is 6. The molecule has 2 aromatic rings. The van der Waals surface area contributed by atoms with Crippen LogP contribution < -0.4 is 4.90 Å². The average Bonchev–Trinajstić information content (AvgIpc) is 2.86. The van der Waals surface area contributed by atoms with E-state index in [-0.39, 0.29) is 5.41 Å². The number of hydrogen-bond donors (Lipinski definition) is 0. The summed E-state index contributed by atoms with van der Waals surface area (Å²) in [6.45, 7) is 6.59. The van der Waals surface area contributed by atoms with E-state index in [4.69, 9.17) is 4.74 Å². The zero-order chi connectivity index (χ0) is 17.0. The quantitative estimate of drug-likeness (QED) is 0.852. The standard InChI is InChI=1S/C19H25N5O/c1-3-17(11-20-5-1)13-23-8-2-4-19(14-23)15-24(9-10-25-16-19)18-12-21-6-7-22-18/h1,3,5-7,11-12H,2,4,8-10,13-16H2/t19-/m0/s1. The Hall–Kier alpha value is -2.05. The number of rotatable bonds is 3. The van der Waals surface area contributed by atoms with Gasteiger partial charge in [0, 0.05) is 56.4 Å². The fourth-order valence-electron chi connectivity index (χ4n) is 4.08. The molecule has 2 aliphatic heterocycles. The van der Waals surface area contributed by atoms with Crippen molar-refractivity contribution in [2.45, 2.75) is 19.4 Å². The molecule has 0 N–H and O–H groups in total. The van der Waals surface area contributed by atoms with Crippen molar-refractivity contribution in [1.82, 2.24) is 19.9 Å². The van der Waals surface area contributed by atoms with Crippen LogP contribution >= 0.6 is 0 Å². The van der Waals surface area contributed by atoms with Crippen LogP contribution in [-0.4, -0.2) is 59.2 Å². The monoisotopic (exact) mass is 339 g/mol. The Bertz CT molecular complexity index is 668. The molecule has 2 saturated heterocycles. The molecule has 4 heterocycles. The van der Waals surface area contributed by atoms with Crippen molar-refractivity contribution in [3.63, 3.8) is 0 Å². The van der Waals surface area contributed by atoms with Crippen LogP contribution in [0.4, 0.5) is 5.82 Å². The van der Waals surface area contributed by atoms with Gasteiger partial charge in [0.2, 0.25) is 0 Å². The largest absolute Gasteiger partial charge is 0.379 e. The molecule has 6 nitrogen and oxygen atoms in total. The molecule has 0 radical (unpaired) electrons. The zero-order valence-corrected chi connectivity index (χ0v) is 14.5. The Balaban J connectivity index is 1.49. The third-order valence-corrected chi connectivity index (χ3v) is 5.18. The second-order valence-corrected chi connectivity index (χ2v) is 7.21. The molecule has 2 fully saturated rings. The maximum Gasteiger partial charge on any atom is 0.147 e. The molecule has 0 saturated carbocycles. The van der Waals surface area contributed by atoms with Crippen molar-refractivity contribution in [2.75, 3.05) is 44.3 Å². The summed E-state index contributed by atoms with van der Waals surface area (Å²) in [6.07, 6.45) is 11.6. The van der Waals surface area contributed by atoms with Gasteiger partial charge in [0.15, 0.2) is 0 Å². The molecular formula is C19H25N5O. The highest BCUT2D eigenvalue weighted by Crippen LogP contribution is 2.34. The van der Waals surface area contributed by atoms with Gasteiger partial charge >= 0.3 is 0 Å². The van der Waals surface area contributed by atoms with E-state index in [1.165, 1.54) is 18.4 Å². The molecular weight excluding hydrogens is 314 g/mol. The zero-order valence-electron chi connectivity index (χ0n) is 14.5. The number of ether oxygens (including phenoxy) is 1. The Kier molecular flexibility index (Phi) is 4.90. The second kappa shape index (κ2) is 7.45. The maximum absolute atomic E-state index is 6.01. The highest BCUT2D eigenvalue weighted by molar-refractivity contribution is 5.36. The molecule has 0 bridgehead atoms. The molecule has 4 rings (SSSR count). The van der Waals surface area contributed by atoms with E-state index in [0.717, 1.165) is 51.8 Å². The first-order valence-corrected chi connectivity index (χ1v) is 9.03. The number of nitrogens with zero attached hydrogens (tertiary/aromatic N) is 5. The number of likely N-dealkylation sites (tertiary alicyclic amines) is 1. The van der Waals surface area contributed by atoms with Gasteiger partial charge < -0.3 is 9.64 Å². The molecule has 25 heavy (non-hydrogen) atoms. The van der Waals surface area contributed by atoms with Gasteiger partial charge in [0.1, 0.15) is 5.82 Å². The molecule has 0 unspecified atom stereocenters. The second-order valence-electron chi connectivity index (χ2n) is 7.21. The first-order chi connectivity index (χ1) is 12.3. The lowest BCUT2D eigenvalue weighted by Crippen LogP contribution is -2.50. The molecule has 2 aromatic heterocycles. The van der Waals surface area contributed by atoms with Crippen LogP contribution in [0.15, 0.2) is 43.1 Å². The minimum Gasteiger partial charge on any atom is -0.379 e. The number of anilines is 1. The normalized spacial score (nSPS) is 25.0. The van der Waals surface area contributed by atoms with Gasteiger partial charge in [-0.3, -0.25) is 14.9 Å². The third-order valence-electron chi connectivity index (χ3n) is 5.18. The summed E-state index contributed by atoms with van der Waals surface area (Å²) in [7, 11) is 0. The molecule has 6 heteroatoms. The highest BCUT2D eigenvalue weighted by Gasteiger charge is 2.39. The van der Waals surface area contributed by atoms with Gasteiger partial charge in [-0.05, 0) is 31.0 Å². The summed E-state index contributed by atoms with van der Waals surface area (Å²) < 4.78 is 6.01. The van der Waals surface area contributed by atoms with Gasteiger partial charge in [-0.2, -0.15) is 0 Å². The topological polar surface area (TPSA) is 54.4 Å². The Labute approximate surface area is 148 Å². The molecule has 0 amide bonds. The van der Waals surface area contributed by atoms with Crippen LogP contribution in [0, 0.1) is 5.41 Å². The van der Waals surface area contributed by atoms with Crippen LogP contribution in [0.5, 0.6) is 0 Å². The fourth-order valence-corrected chi connectivity index (χ4v) is 4.08. The Morgan fingerprint density at radius 1 is 1.08 bits per heavy atom. The van der Waals surface area contributed by atoms with Crippen LogP contribution in [-0.2, 0) is 11.3 Å². The summed E-state index contributed by atoms with van der Waals surface area (Å²) in [5.41, 5.74) is 1.44. The summed E-state index contributed by atoms with van der Waals surface area (Å²) in [6, 6.07) is 4.17. The molecule has 1 atom stereocenters. The van der Waals surface area contributed by atoms with Gasteiger partial charge in [0.25, 0.3) is 0 Å². The number of pyridine rings is 1.